The summed E-state index contributed by atoms with van der Waals surface area (Å²) in [5.74, 6) is -0.0808. The molecule has 0 aliphatic carbocycles. The zero-order chi connectivity index (χ0) is 13.9. The van der Waals surface area contributed by atoms with Crippen molar-refractivity contribution in [2.75, 3.05) is 23.3 Å². The third kappa shape index (κ3) is 2.67. The van der Waals surface area contributed by atoms with E-state index in [0.29, 0.717) is 9.90 Å². The minimum absolute atomic E-state index is 0.0808. The summed E-state index contributed by atoms with van der Waals surface area (Å²) in [5.41, 5.74) is 1.73. The molecule has 2 aromatic rings. The molecule has 3 nitrogen and oxygen atoms in total. The van der Waals surface area contributed by atoms with Crippen LogP contribution in [0, 0.1) is 0 Å². The highest BCUT2D eigenvalue weighted by atomic mass is 35.5. The van der Waals surface area contributed by atoms with Gasteiger partial charge in [0, 0.05) is 13.1 Å². The van der Waals surface area contributed by atoms with Crippen molar-refractivity contribution < 1.29 is 4.79 Å². The van der Waals surface area contributed by atoms with E-state index in [4.69, 9.17) is 11.6 Å². The number of rotatable bonds is 3. The highest BCUT2D eigenvalue weighted by molar-refractivity contribution is 7.12. The van der Waals surface area contributed by atoms with Crippen molar-refractivity contribution in [1.29, 1.82) is 0 Å². The Morgan fingerprint density at radius 1 is 1.20 bits per heavy atom. The molecule has 1 aliphatic heterocycles. The number of nitrogens with one attached hydrogen (secondary N) is 1. The van der Waals surface area contributed by atoms with Gasteiger partial charge in [-0.1, -0.05) is 23.7 Å². The number of thiophene rings is 1. The van der Waals surface area contributed by atoms with Gasteiger partial charge in [0.15, 0.2) is 0 Å². The van der Waals surface area contributed by atoms with E-state index < -0.39 is 0 Å². The van der Waals surface area contributed by atoms with Gasteiger partial charge in [0.05, 0.1) is 21.3 Å². The summed E-state index contributed by atoms with van der Waals surface area (Å²) < 4.78 is 0. The summed E-state index contributed by atoms with van der Waals surface area (Å²) >= 11 is 7.76. The molecule has 0 unspecified atom stereocenters. The molecule has 0 saturated carbocycles. The molecule has 3 rings (SSSR count). The van der Waals surface area contributed by atoms with Gasteiger partial charge in [0.1, 0.15) is 0 Å². The van der Waals surface area contributed by atoms with Gasteiger partial charge in [-0.15, -0.1) is 11.3 Å². The summed E-state index contributed by atoms with van der Waals surface area (Å²) in [4.78, 5) is 15.1. The Bertz CT molecular complexity index is 606. The first-order chi connectivity index (χ1) is 9.75. The Kier molecular flexibility index (Phi) is 3.94. The van der Waals surface area contributed by atoms with E-state index in [1.54, 1.807) is 0 Å². The van der Waals surface area contributed by atoms with Crippen LogP contribution in [0.3, 0.4) is 0 Å². The highest BCUT2D eigenvalue weighted by Gasteiger charge is 2.20. The van der Waals surface area contributed by atoms with Gasteiger partial charge < -0.3 is 10.2 Å². The van der Waals surface area contributed by atoms with Gasteiger partial charge in [0.25, 0.3) is 5.91 Å². The predicted octanol–water partition coefficient (Wildman–Crippen LogP) is 4.25. The average molecular weight is 307 g/mol. The number of halogens is 1. The van der Waals surface area contributed by atoms with E-state index in [0.717, 1.165) is 24.5 Å². The quantitative estimate of drug-likeness (QED) is 0.919. The molecule has 2 heterocycles. The molecule has 0 atom stereocenters. The van der Waals surface area contributed by atoms with Crippen LogP contribution in [-0.4, -0.2) is 19.0 Å². The number of hydrogen-bond donors (Lipinski definition) is 1. The Hall–Kier alpha value is -1.52. The first kappa shape index (κ1) is 13.5. The lowest BCUT2D eigenvalue weighted by atomic mass is 10.2. The lowest BCUT2D eigenvalue weighted by molar-refractivity contribution is 0.103. The Morgan fingerprint density at radius 2 is 2.00 bits per heavy atom. The normalized spacial score (nSPS) is 14.6. The van der Waals surface area contributed by atoms with Gasteiger partial charge in [-0.25, -0.2) is 0 Å². The molecule has 1 aromatic heterocycles. The molecule has 104 valence electrons. The number of hydrogen-bond acceptors (Lipinski definition) is 3. The number of anilines is 2. The zero-order valence-electron chi connectivity index (χ0n) is 10.9. The fourth-order valence-corrected chi connectivity index (χ4v) is 3.38. The topological polar surface area (TPSA) is 32.3 Å². The molecule has 5 heteroatoms. The number of para-hydroxylation sites is 1. The number of carbonyl (C=O) groups excluding carboxylic acids is 1. The van der Waals surface area contributed by atoms with Gasteiger partial charge in [-0.3, -0.25) is 4.79 Å². The van der Waals surface area contributed by atoms with Crippen LogP contribution in [0.15, 0.2) is 35.7 Å². The SMILES string of the molecule is O=C(Nc1cccc(Cl)c1N1CCCC1)c1cccs1. The van der Waals surface area contributed by atoms with Crippen LogP contribution in [0.2, 0.25) is 5.02 Å². The van der Waals surface area contributed by atoms with Crippen molar-refractivity contribution in [2.45, 2.75) is 12.8 Å². The summed E-state index contributed by atoms with van der Waals surface area (Å²) in [5, 5.41) is 5.56. The maximum Gasteiger partial charge on any atom is 0.265 e. The van der Waals surface area contributed by atoms with Crippen LogP contribution in [-0.2, 0) is 0 Å². The van der Waals surface area contributed by atoms with E-state index in [9.17, 15) is 4.79 Å². The maximum absolute atomic E-state index is 12.2. The second-order valence-electron chi connectivity index (χ2n) is 4.76. The second-order valence-corrected chi connectivity index (χ2v) is 6.12. The molecule has 20 heavy (non-hydrogen) atoms. The Morgan fingerprint density at radius 3 is 2.70 bits per heavy atom. The molecule has 0 spiro atoms. The molecule has 1 amide bonds. The number of carbonyl (C=O) groups is 1. The number of nitrogens with zero attached hydrogens (tertiary/aromatic N) is 1. The van der Waals surface area contributed by atoms with Crippen molar-refractivity contribution in [3.05, 3.63) is 45.6 Å². The van der Waals surface area contributed by atoms with E-state index in [1.807, 2.05) is 35.7 Å². The van der Waals surface area contributed by atoms with Crippen LogP contribution >= 0.6 is 22.9 Å². The maximum atomic E-state index is 12.2. The van der Waals surface area contributed by atoms with Crippen molar-refractivity contribution in [3.63, 3.8) is 0 Å². The first-order valence-corrected chi connectivity index (χ1v) is 7.90. The lowest BCUT2D eigenvalue weighted by Gasteiger charge is -2.22. The number of amides is 1. The van der Waals surface area contributed by atoms with Crippen LogP contribution in [0.5, 0.6) is 0 Å². The third-order valence-corrected chi connectivity index (χ3v) is 4.58. The van der Waals surface area contributed by atoms with Gasteiger partial charge in [0.2, 0.25) is 0 Å². The summed E-state index contributed by atoms with van der Waals surface area (Å²) in [6, 6.07) is 9.34. The van der Waals surface area contributed by atoms with E-state index in [-0.39, 0.29) is 5.91 Å². The highest BCUT2D eigenvalue weighted by Crippen LogP contribution is 2.36. The second kappa shape index (κ2) is 5.85. The Balaban J connectivity index is 1.89. The van der Waals surface area contributed by atoms with Gasteiger partial charge in [-0.2, -0.15) is 0 Å². The lowest BCUT2D eigenvalue weighted by Crippen LogP contribution is -2.21. The monoisotopic (exact) mass is 306 g/mol. The fraction of sp³-hybridized carbons (Fsp3) is 0.267. The van der Waals surface area contributed by atoms with Gasteiger partial charge in [-0.05, 0) is 36.4 Å². The van der Waals surface area contributed by atoms with Crippen LogP contribution in [0.25, 0.3) is 0 Å². The fourth-order valence-electron chi connectivity index (χ4n) is 2.47. The molecule has 1 aromatic carbocycles. The molecule has 0 radical (unpaired) electrons. The van der Waals surface area contributed by atoms with Gasteiger partial charge >= 0.3 is 0 Å². The van der Waals surface area contributed by atoms with Crippen LogP contribution in [0.1, 0.15) is 22.5 Å². The zero-order valence-corrected chi connectivity index (χ0v) is 12.5. The van der Waals surface area contributed by atoms with Crippen molar-refractivity contribution in [1.82, 2.24) is 0 Å². The smallest absolute Gasteiger partial charge is 0.265 e. The molecular formula is C15H15ClN2OS. The van der Waals surface area contributed by atoms with Crippen molar-refractivity contribution in [3.8, 4) is 0 Å². The molecule has 1 aliphatic rings. The van der Waals surface area contributed by atoms with E-state index in [1.165, 1.54) is 24.2 Å². The van der Waals surface area contributed by atoms with Crippen molar-refractivity contribution in [2.24, 2.45) is 0 Å². The molecule has 1 fully saturated rings. The number of benzene rings is 1. The summed E-state index contributed by atoms with van der Waals surface area (Å²) in [6.07, 6.45) is 2.34. The molecule has 0 bridgehead atoms. The minimum Gasteiger partial charge on any atom is -0.369 e. The molecular weight excluding hydrogens is 292 g/mol. The molecule has 1 N–H and O–H groups in total. The Labute approximate surface area is 127 Å². The summed E-state index contributed by atoms with van der Waals surface area (Å²) in [6.45, 7) is 1.98. The van der Waals surface area contributed by atoms with Crippen LogP contribution < -0.4 is 10.2 Å². The predicted molar refractivity (Wildman–Crippen MR) is 85.2 cm³/mol. The average Bonchev–Trinajstić information content (AvgIpc) is 3.12. The van der Waals surface area contributed by atoms with E-state index >= 15 is 0 Å². The largest absolute Gasteiger partial charge is 0.369 e. The van der Waals surface area contributed by atoms with Crippen molar-refractivity contribution >= 4 is 40.2 Å². The van der Waals surface area contributed by atoms with E-state index in [2.05, 4.69) is 10.2 Å². The molecule has 1 saturated heterocycles. The summed E-state index contributed by atoms with van der Waals surface area (Å²) in [7, 11) is 0. The third-order valence-electron chi connectivity index (χ3n) is 3.40. The van der Waals surface area contributed by atoms with Crippen LogP contribution in [0.4, 0.5) is 11.4 Å². The standard InChI is InChI=1S/C15H15ClN2OS/c16-11-5-3-6-12(14(11)18-8-1-2-9-18)17-15(19)13-7-4-10-20-13/h3-7,10H,1-2,8-9H2,(H,17,19). The minimum atomic E-state index is -0.0808. The first-order valence-electron chi connectivity index (χ1n) is 6.64.